The van der Waals surface area contributed by atoms with Crippen molar-refractivity contribution in [2.45, 2.75) is 50.2 Å². The number of hydrogen-bond acceptors (Lipinski definition) is 1. The van der Waals surface area contributed by atoms with Crippen molar-refractivity contribution >= 4 is 11.8 Å². The predicted molar refractivity (Wildman–Crippen MR) is 63.7 cm³/mol. The Morgan fingerprint density at radius 1 is 1.06 bits per heavy atom. The van der Waals surface area contributed by atoms with Crippen LogP contribution in [0, 0.1) is 23.2 Å². The molecule has 0 heterocycles. The molecule has 0 saturated heterocycles. The Balaban J connectivity index is 1.78. The van der Waals surface area contributed by atoms with Crippen LogP contribution >= 0.6 is 11.8 Å². The summed E-state index contributed by atoms with van der Waals surface area (Å²) in [6, 6.07) is 0. The van der Waals surface area contributed by atoms with Gasteiger partial charge in [-0.15, -0.1) is 0 Å². The maximum absolute atomic E-state index is 13.6. The van der Waals surface area contributed by atoms with E-state index in [0.29, 0.717) is 0 Å². The summed E-state index contributed by atoms with van der Waals surface area (Å²) in [5.41, 5.74) is 0.0151. The Hall–Kier alpha value is 0.210. The van der Waals surface area contributed by atoms with Crippen molar-refractivity contribution in [1.82, 2.24) is 0 Å². The van der Waals surface area contributed by atoms with Crippen LogP contribution in [0.15, 0.2) is 0 Å². The number of rotatable bonds is 3. The standard InChI is InChI=1S/C13H20F2S/c1-16-13(14,15)8-12-5-9-2-10(6-12)4-11(3-9)7-12/h9-11H,2-8H2,1H3. The molecule has 4 aliphatic carbocycles. The minimum Gasteiger partial charge on any atom is -0.194 e. The highest BCUT2D eigenvalue weighted by Crippen LogP contribution is 2.63. The molecule has 4 aliphatic rings. The van der Waals surface area contributed by atoms with E-state index in [1.54, 1.807) is 6.26 Å². The van der Waals surface area contributed by atoms with Crippen LogP contribution in [0.5, 0.6) is 0 Å². The minimum atomic E-state index is -2.49. The van der Waals surface area contributed by atoms with Gasteiger partial charge in [0, 0.05) is 6.42 Å². The van der Waals surface area contributed by atoms with E-state index < -0.39 is 5.25 Å². The summed E-state index contributed by atoms with van der Waals surface area (Å²) in [5.74, 6) is 2.34. The quantitative estimate of drug-likeness (QED) is 0.704. The molecule has 0 amide bonds. The predicted octanol–water partition coefficient (Wildman–Crippen LogP) is 4.55. The maximum Gasteiger partial charge on any atom is 0.294 e. The molecule has 16 heavy (non-hydrogen) atoms. The highest BCUT2D eigenvalue weighted by Gasteiger charge is 2.54. The fourth-order valence-electron chi connectivity index (χ4n) is 5.02. The smallest absolute Gasteiger partial charge is 0.194 e. The lowest BCUT2D eigenvalue weighted by Gasteiger charge is -2.57. The largest absolute Gasteiger partial charge is 0.294 e. The Morgan fingerprint density at radius 2 is 1.50 bits per heavy atom. The average molecular weight is 246 g/mol. The molecule has 0 aromatic carbocycles. The van der Waals surface area contributed by atoms with Gasteiger partial charge in [-0.1, -0.05) is 11.8 Å². The summed E-state index contributed by atoms with van der Waals surface area (Å²) >= 11 is 0.743. The van der Waals surface area contributed by atoms with Gasteiger partial charge in [0.1, 0.15) is 0 Å². The molecule has 4 fully saturated rings. The number of halogens is 2. The molecular formula is C13H20F2S. The molecule has 0 aromatic rings. The van der Waals surface area contributed by atoms with Gasteiger partial charge in [0.15, 0.2) is 0 Å². The molecule has 0 aromatic heterocycles. The van der Waals surface area contributed by atoms with E-state index in [0.717, 1.165) is 48.8 Å². The van der Waals surface area contributed by atoms with E-state index in [4.69, 9.17) is 0 Å². The van der Waals surface area contributed by atoms with Crippen molar-refractivity contribution in [2.24, 2.45) is 23.2 Å². The van der Waals surface area contributed by atoms with Gasteiger partial charge in [-0.05, 0) is 67.9 Å². The number of alkyl halides is 2. The fourth-order valence-corrected chi connectivity index (χ4v) is 5.47. The first-order valence-electron chi connectivity index (χ1n) is 6.43. The van der Waals surface area contributed by atoms with Gasteiger partial charge >= 0.3 is 0 Å². The zero-order chi connectivity index (χ0) is 11.4. The van der Waals surface area contributed by atoms with Crippen LogP contribution in [0.3, 0.4) is 0 Å². The second-order valence-corrected chi connectivity index (χ2v) is 7.44. The summed E-state index contributed by atoms with van der Waals surface area (Å²) < 4.78 is 27.3. The topological polar surface area (TPSA) is 0 Å². The molecule has 4 saturated carbocycles. The monoisotopic (exact) mass is 246 g/mol. The molecule has 4 rings (SSSR count). The second kappa shape index (κ2) is 3.60. The molecule has 0 atom stereocenters. The fraction of sp³-hybridized carbons (Fsp3) is 1.00. The summed E-state index contributed by atoms with van der Waals surface area (Å²) in [4.78, 5) is 0. The highest BCUT2D eigenvalue weighted by molar-refractivity contribution is 7.99. The van der Waals surface area contributed by atoms with Crippen LogP contribution in [0.2, 0.25) is 0 Å². The van der Waals surface area contributed by atoms with E-state index >= 15 is 0 Å². The zero-order valence-corrected chi connectivity index (χ0v) is 10.7. The molecule has 0 unspecified atom stereocenters. The van der Waals surface area contributed by atoms with Gasteiger partial charge < -0.3 is 0 Å². The van der Waals surface area contributed by atoms with Crippen LogP contribution in [-0.2, 0) is 0 Å². The normalized spacial score (nSPS) is 46.3. The minimum absolute atomic E-state index is 0.0151. The maximum atomic E-state index is 13.6. The van der Waals surface area contributed by atoms with Crippen molar-refractivity contribution in [3.63, 3.8) is 0 Å². The Kier molecular flexibility index (Phi) is 2.54. The molecule has 0 spiro atoms. The third kappa shape index (κ3) is 1.89. The second-order valence-electron chi connectivity index (χ2n) is 6.44. The first-order chi connectivity index (χ1) is 7.50. The van der Waals surface area contributed by atoms with Crippen LogP contribution in [0.1, 0.15) is 44.9 Å². The summed E-state index contributed by atoms with van der Waals surface area (Å²) in [7, 11) is 0. The van der Waals surface area contributed by atoms with Crippen molar-refractivity contribution < 1.29 is 8.78 Å². The van der Waals surface area contributed by atoms with Crippen LogP contribution in [0.4, 0.5) is 8.78 Å². The SMILES string of the molecule is CSC(F)(F)CC12CC3CC(CC(C3)C1)C2. The zero-order valence-electron chi connectivity index (χ0n) is 9.85. The Bertz CT molecular complexity index is 252. The van der Waals surface area contributed by atoms with Crippen LogP contribution < -0.4 is 0 Å². The van der Waals surface area contributed by atoms with Gasteiger partial charge in [0.25, 0.3) is 5.25 Å². The molecule has 92 valence electrons. The Morgan fingerprint density at radius 3 is 1.88 bits per heavy atom. The van der Waals surface area contributed by atoms with Crippen LogP contribution in [-0.4, -0.2) is 11.5 Å². The molecule has 0 N–H and O–H groups in total. The molecule has 0 radical (unpaired) electrons. The van der Waals surface area contributed by atoms with E-state index in [1.165, 1.54) is 19.3 Å². The lowest BCUT2D eigenvalue weighted by atomic mass is 9.49. The third-order valence-corrected chi connectivity index (χ3v) is 5.79. The van der Waals surface area contributed by atoms with Gasteiger partial charge in [-0.25, -0.2) is 0 Å². The van der Waals surface area contributed by atoms with Crippen LogP contribution in [0.25, 0.3) is 0 Å². The average Bonchev–Trinajstić information content (AvgIpc) is 2.13. The molecule has 4 bridgehead atoms. The summed E-state index contributed by atoms with van der Waals surface area (Å²) in [6.45, 7) is 0. The Labute approximate surface area is 101 Å². The van der Waals surface area contributed by atoms with Gasteiger partial charge in [0.05, 0.1) is 0 Å². The summed E-state index contributed by atoms with van der Waals surface area (Å²) in [6.07, 6.45) is 8.98. The van der Waals surface area contributed by atoms with Gasteiger partial charge in [-0.2, -0.15) is 8.78 Å². The molecule has 0 nitrogen and oxygen atoms in total. The lowest BCUT2D eigenvalue weighted by molar-refractivity contribution is -0.0892. The van der Waals surface area contributed by atoms with Crippen molar-refractivity contribution in [2.75, 3.05) is 6.26 Å². The van der Waals surface area contributed by atoms with E-state index in [1.807, 2.05) is 0 Å². The lowest BCUT2D eigenvalue weighted by Crippen LogP contribution is -2.47. The van der Waals surface area contributed by atoms with Gasteiger partial charge in [0.2, 0.25) is 0 Å². The van der Waals surface area contributed by atoms with E-state index in [-0.39, 0.29) is 11.8 Å². The molecule has 3 heteroatoms. The van der Waals surface area contributed by atoms with Crippen molar-refractivity contribution in [3.8, 4) is 0 Å². The molecular weight excluding hydrogens is 226 g/mol. The third-order valence-electron chi connectivity index (χ3n) is 5.04. The van der Waals surface area contributed by atoms with E-state index in [9.17, 15) is 8.78 Å². The highest BCUT2D eigenvalue weighted by atomic mass is 32.2. The van der Waals surface area contributed by atoms with Crippen molar-refractivity contribution in [3.05, 3.63) is 0 Å². The first kappa shape index (κ1) is 11.3. The number of hydrogen-bond donors (Lipinski definition) is 0. The summed E-state index contributed by atoms with van der Waals surface area (Å²) in [5, 5.41) is -2.49. The number of thioether (sulfide) groups is 1. The molecule has 0 aliphatic heterocycles. The van der Waals surface area contributed by atoms with Crippen molar-refractivity contribution in [1.29, 1.82) is 0 Å². The van der Waals surface area contributed by atoms with E-state index in [2.05, 4.69) is 0 Å². The first-order valence-corrected chi connectivity index (χ1v) is 7.66. The van der Waals surface area contributed by atoms with Gasteiger partial charge in [-0.3, -0.25) is 0 Å².